The summed E-state index contributed by atoms with van der Waals surface area (Å²) in [4.78, 5) is 26.6. The molecule has 6 rings (SSSR count). The number of hydrogen-bond acceptors (Lipinski definition) is 5. The summed E-state index contributed by atoms with van der Waals surface area (Å²) in [6.07, 6.45) is 7.65. The molecule has 2 saturated heterocycles. The van der Waals surface area contributed by atoms with Crippen molar-refractivity contribution in [2.24, 2.45) is 4.99 Å². The van der Waals surface area contributed by atoms with Gasteiger partial charge in [0.15, 0.2) is 5.78 Å². The number of rotatable bonds is 8. The van der Waals surface area contributed by atoms with E-state index in [1.807, 2.05) is 49.7 Å². The minimum absolute atomic E-state index is 0. The van der Waals surface area contributed by atoms with E-state index in [-0.39, 0.29) is 13.2 Å². The van der Waals surface area contributed by atoms with Crippen LogP contribution in [-0.2, 0) is 0 Å². The maximum atomic E-state index is 12.6. The van der Waals surface area contributed by atoms with Gasteiger partial charge in [0, 0.05) is 46.9 Å². The quantitative estimate of drug-likeness (QED) is 0.141. The number of piperidine rings is 2. The van der Waals surface area contributed by atoms with Crippen molar-refractivity contribution in [2.45, 2.75) is 73.6 Å². The number of para-hydroxylation sites is 1. The zero-order valence-electron chi connectivity index (χ0n) is 28.2. The zero-order valence-corrected chi connectivity index (χ0v) is 29.0. The Morgan fingerprint density at radius 2 is 1.30 bits per heavy atom. The lowest BCUT2D eigenvalue weighted by Gasteiger charge is -2.27. The molecule has 4 heterocycles. The first kappa shape index (κ1) is 36.3. The lowest BCUT2D eigenvalue weighted by atomic mass is 10.1. The normalized spacial score (nSPS) is 15.9. The molecule has 2 aromatic heterocycles. The average molecular weight is 657 g/mol. The molecule has 252 valence electrons. The molecule has 0 radical (unpaired) electrons. The Hall–Kier alpha value is -3.52. The lowest BCUT2D eigenvalue weighted by Crippen LogP contribution is -2.35. The van der Waals surface area contributed by atoms with Gasteiger partial charge in [0.1, 0.15) is 11.5 Å². The first-order chi connectivity index (χ1) is 22.3. The molecule has 47 heavy (non-hydrogen) atoms. The first-order valence-electron chi connectivity index (χ1n) is 16.8. The van der Waals surface area contributed by atoms with E-state index >= 15 is 0 Å². The molecule has 0 atom stereocenters. The number of Topliss-reactive ketones (excluding diaryl/α,β-unsaturated/α-hetero) is 1. The Labute approximate surface area is 287 Å². The third-order valence-corrected chi connectivity index (χ3v) is 9.54. The molecule has 2 aliphatic rings. The van der Waals surface area contributed by atoms with Crippen molar-refractivity contribution in [1.29, 1.82) is 0 Å². The average Bonchev–Trinajstić information content (AvgIpc) is 3.54. The highest BCUT2D eigenvalue weighted by Crippen LogP contribution is 2.23. The van der Waals surface area contributed by atoms with Crippen molar-refractivity contribution in [3.8, 4) is 11.4 Å². The van der Waals surface area contributed by atoms with E-state index in [1.165, 1.54) is 80.0 Å². The highest BCUT2D eigenvalue weighted by atomic mass is 35.5. The van der Waals surface area contributed by atoms with Crippen LogP contribution in [0, 0.1) is 27.7 Å². The molecule has 0 amide bonds. The molecule has 4 aromatic rings. The molecule has 7 nitrogen and oxygen atoms in total. The SMILES string of the molecule is C.CN=C(CN1CCCCC1)c1cc(C)n(-c2ccccc2)c1C.Cc1nc(C(=O)CN2CCCCC2)c(C)n1-c1ccc(Cl)cc1. The maximum absolute atomic E-state index is 12.6. The third kappa shape index (κ3) is 8.89. The van der Waals surface area contributed by atoms with E-state index < -0.39 is 0 Å². The van der Waals surface area contributed by atoms with Crippen molar-refractivity contribution in [3.05, 3.63) is 99.8 Å². The second-order valence-electron chi connectivity index (χ2n) is 12.6. The fourth-order valence-corrected chi connectivity index (χ4v) is 7.03. The Kier molecular flexibility index (Phi) is 13.2. The van der Waals surface area contributed by atoms with E-state index in [1.54, 1.807) is 0 Å². The Bertz CT molecular complexity index is 1620. The largest absolute Gasteiger partial charge is 0.318 e. The van der Waals surface area contributed by atoms with Crippen molar-refractivity contribution >= 4 is 23.1 Å². The number of ketones is 1. The standard InChI is InChI=1S/C20H27N3.C18H22ClN3O.CH4/c1-16-14-19(17(2)23(16)18-10-6-4-7-11-18)20(21-3)15-22-12-8-5-9-13-22;1-13-18(17(23)12-21-10-4-3-5-11-21)20-14(2)22(13)16-8-6-15(19)7-9-16;/h4,6-7,10-11,14H,5,8-9,12-13,15H2,1-3H3;6-9H,3-5,10-12H2,1-2H3;1H4. The van der Waals surface area contributed by atoms with Gasteiger partial charge in [-0.1, -0.05) is 50.1 Å². The van der Waals surface area contributed by atoms with Crippen LogP contribution in [-0.4, -0.2) is 81.7 Å². The molecular formula is C39H53ClN6O. The number of hydrogen-bond donors (Lipinski definition) is 0. The summed E-state index contributed by atoms with van der Waals surface area (Å²) >= 11 is 5.96. The van der Waals surface area contributed by atoms with Crippen LogP contribution in [0.15, 0.2) is 65.7 Å². The van der Waals surface area contributed by atoms with Crippen molar-refractivity contribution < 1.29 is 4.79 Å². The topological polar surface area (TPSA) is 58.7 Å². The maximum Gasteiger partial charge on any atom is 0.196 e. The minimum atomic E-state index is 0. The van der Waals surface area contributed by atoms with E-state index in [2.05, 4.69) is 74.6 Å². The summed E-state index contributed by atoms with van der Waals surface area (Å²) in [5.41, 5.74) is 8.74. The van der Waals surface area contributed by atoms with Gasteiger partial charge in [-0.25, -0.2) is 4.98 Å². The van der Waals surface area contributed by atoms with Gasteiger partial charge in [-0.05, 0) is 122 Å². The second-order valence-corrected chi connectivity index (χ2v) is 13.1. The predicted octanol–water partition coefficient (Wildman–Crippen LogP) is 8.45. The number of carbonyl (C=O) groups excluding carboxylic acids is 1. The lowest BCUT2D eigenvalue weighted by molar-refractivity contribution is 0.0910. The van der Waals surface area contributed by atoms with Crippen LogP contribution in [0.2, 0.25) is 5.02 Å². The smallest absolute Gasteiger partial charge is 0.196 e. The Morgan fingerprint density at radius 3 is 1.87 bits per heavy atom. The molecule has 0 spiro atoms. The van der Waals surface area contributed by atoms with E-state index in [0.717, 1.165) is 36.8 Å². The molecule has 0 unspecified atom stereocenters. The van der Waals surface area contributed by atoms with Crippen LogP contribution in [0.4, 0.5) is 0 Å². The van der Waals surface area contributed by atoms with Gasteiger partial charge in [-0.3, -0.25) is 19.6 Å². The first-order valence-corrected chi connectivity index (χ1v) is 17.1. The molecule has 2 aromatic carbocycles. The highest BCUT2D eigenvalue weighted by molar-refractivity contribution is 6.30. The second kappa shape index (κ2) is 17.0. The van der Waals surface area contributed by atoms with Crippen LogP contribution < -0.4 is 0 Å². The molecule has 0 bridgehead atoms. The van der Waals surface area contributed by atoms with Crippen LogP contribution in [0.5, 0.6) is 0 Å². The fourth-order valence-electron chi connectivity index (χ4n) is 6.91. The monoisotopic (exact) mass is 656 g/mol. The third-order valence-electron chi connectivity index (χ3n) is 9.29. The van der Waals surface area contributed by atoms with Crippen LogP contribution >= 0.6 is 11.6 Å². The highest BCUT2D eigenvalue weighted by Gasteiger charge is 2.22. The van der Waals surface area contributed by atoms with E-state index in [0.29, 0.717) is 17.3 Å². The summed E-state index contributed by atoms with van der Waals surface area (Å²) < 4.78 is 4.34. The predicted molar refractivity (Wildman–Crippen MR) is 197 cm³/mol. The molecule has 0 N–H and O–H groups in total. The van der Waals surface area contributed by atoms with E-state index in [9.17, 15) is 4.79 Å². The number of imidazole rings is 1. The fraction of sp³-hybridized carbons (Fsp3) is 0.462. The molecule has 0 aliphatic carbocycles. The van der Waals surface area contributed by atoms with Crippen molar-refractivity contribution in [2.75, 3.05) is 46.3 Å². The number of halogens is 1. The summed E-state index contributed by atoms with van der Waals surface area (Å²) in [6, 6.07) is 20.5. The molecule has 8 heteroatoms. The van der Waals surface area contributed by atoms with Gasteiger partial charge < -0.3 is 9.13 Å². The number of benzene rings is 2. The molecule has 2 fully saturated rings. The number of aromatic nitrogens is 3. The van der Waals surface area contributed by atoms with E-state index in [4.69, 9.17) is 11.6 Å². The van der Waals surface area contributed by atoms with Gasteiger partial charge >= 0.3 is 0 Å². The van der Waals surface area contributed by atoms with Crippen LogP contribution in [0.25, 0.3) is 11.4 Å². The molecular weight excluding hydrogens is 604 g/mol. The van der Waals surface area contributed by atoms with Crippen molar-refractivity contribution in [1.82, 2.24) is 23.9 Å². The number of carbonyl (C=O) groups is 1. The van der Waals surface area contributed by atoms with Gasteiger partial charge in [0.05, 0.1) is 18.0 Å². The summed E-state index contributed by atoms with van der Waals surface area (Å²) in [6.45, 7) is 14.1. The van der Waals surface area contributed by atoms with Crippen LogP contribution in [0.3, 0.4) is 0 Å². The van der Waals surface area contributed by atoms with Gasteiger partial charge in [0.2, 0.25) is 0 Å². The van der Waals surface area contributed by atoms with Gasteiger partial charge in [-0.2, -0.15) is 0 Å². The molecule has 0 saturated carbocycles. The Morgan fingerprint density at radius 1 is 0.745 bits per heavy atom. The number of aryl methyl sites for hydroxylation is 2. The number of likely N-dealkylation sites (tertiary alicyclic amines) is 2. The summed E-state index contributed by atoms with van der Waals surface area (Å²) in [7, 11) is 1.92. The summed E-state index contributed by atoms with van der Waals surface area (Å²) in [5.74, 6) is 0.937. The Balaban J connectivity index is 0.000000208. The zero-order chi connectivity index (χ0) is 32.6. The molecule has 2 aliphatic heterocycles. The van der Waals surface area contributed by atoms with Crippen molar-refractivity contribution in [3.63, 3.8) is 0 Å². The minimum Gasteiger partial charge on any atom is -0.318 e. The number of nitrogens with zero attached hydrogens (tertiary/aromatic N) is 6. The number of aliphatic imine (C=N–C) groups is 1. The van der Waals surface area contributed by atoms with Gasteiger partial charge in [0.25, 0.3) is 0 Å². The van der Waals surface area contributed by atoms with Crippen LogP contribution in [0.1, 0.15) is 84.9 Å². The van der Waals surface area contributed by atoms with Gasteiger partial charge in [-0.15, -0.1) is 0 Å². The summed E-state index contributed by atoms with van der Waals surface area (Å²) in [5, 5.41) is 0.700.